The van der Waals surface area contributed by atoms with E-state index in [-0.39, 0.29) is 0 Å². The number of hydrogen-bond donors (Lipinski definition) is 1. The average molecular weight is 262 g/mol. The van der Waals surface area contributed by atoms with Gasteiger partial charge in [-0.3, -0.25) is 4.68 Å². The Morgan fingerprint density at radius 2 is 1.89 bits per heavy atom. The van der Waals surface area contributed by atoms with Gasteiger partial charge >= 0.3 is 0 Å². The molecule has 1 heterocycles. The average Bonchev–Trinajstić information content (AvgIpc) is 2.87. The van der Waals surface area contributed by atoms with Crippen LogP contribution in [0, 0.1) is 11.8 Å². The zero-order valence-corrected chi connectivity index (χ0v) is 12.0. The van der Waals surface area contributed by atoms with Crippen molar-refractivity contribution < 1.29 is 5.11 Å². The molecule has 19 heavy (non-hydrogen) atoms. The summed E-state index contributed by atoms with van der Waals surface area (Å²) in [6, 6.07) is 2.02. The van der Waals surface area contributed by atoms with Crippen LogP contribution in [0.4, 0.5) is 0 Å². The molecule has 0 amide bonds. The zero-order valence-electron chi connectivity index (χ0n) is 12.0. The first-order chi connectivity index (χ1) is 9.22. The number of aryl methyl sites for hydroxylation is 1. The highest BCUT2D eigenvalue weighted by molar-refractivity contribution is 5.15. The molecule has 1 aromatic heterocycles. The van der Waals surface area contributed by atoms with Crippen molar-refractivity contribution in [2.24, 2.45) is 18.9 Å². The van der Waals surface area contributed by atoms with Gasteiger partial charge in [0.15, 0.2) is 0 Å². The van der Waals surface area contributed by atoms with E-state index in [1.54, 1.807) is 0 Å². The molecular formula is C16H26N2O. The third kappa shape index (κ3) is 2.33. The van der Waals surface area contributed by atoms with Crippen molar-refractivity contribution in [3.63, 3.8) is 0 Å². The number of aromatic nitrogens is 2. The standard InChI is InChI=1S/C16H26N2O/c1-18-15(10-12-17-18)16(19)11-6-5-9-14(16)13-7-3-2-4-8-13/h10,12-14,19H,2-9,11H2,1H3. The first-order valence-corrected chi connectivity index (χ1v) is 7.92. The van der Waals surface area contributed by atoms with Crippen LogP contribution in [0.5, 0.6) is 0 Å². The van der Waals surface area contributed by atoms with E-state index in [1.165, 1.54) is 44.9 Å². The molecule has 0 spiro atoms. The highest BCUT2D eigenvalue weighted by Crippen LogP contribution is 2.48. The Morgan fingerprint density at radius 1 is 1.16 bits per heavy atom. The van der Waals surface area contributed by atoms with Crippen molar-refractivity contribution in [3.05, 3.63) is 18.0 Å². The van der Waals surface area contributed by atoms with Crippen molar-refractivity contribution in [2.45, 2.75) is 63.4 Å². The Kier molecular flexibility index (Phi) is 3.66. The van der Waals surface area contributed by atoms with Crippen LogP contribution < -0.4 is 0 Å². The topological polar surface area (TPSA) is 38.0 Å². The second-order valence-electron chi connectivity index (χ2n) is 6.51. The quantitative estimate of drug-likeness (QED) is 0.887. The molecule has 0 saturated heterocycles. The first-order valence-electron chi connectivity index (χ1n) is 7.92. The van der Waals surface area contributed by atoms with Crippen molar-refractivity contribution >= 4 is 0 Å². The van der Waals surface area contributed by atoms with Gasteiger partial charge in [0, 0.05) is 13.2 Å². The van der Waals surface area contributed by atoms with Crippen LogP contribution in [0.3, 0.4) is 0 Å². The molecule has 2 atom stereocenters. The molecule has 0 aromatic carbocycles. The fraction of sp³-hybridized carbons (Fsp3) is 0.812. The van der Waals surface area contributed by atoms with E-state index < -0.39 is 5.60 Å². The molecule has 0 bridgehead atoms. The minimum atomic E-state index is -0.633. The fourth-order valence-electron chi connectivity index (χ4n) is 4.46. The maximum Gasteiger partial charge on any atom is 0.109 e. The van der Waals surface area contributed by atoms with Gasteiger partial charge in [-0.1, -0.05) is 44.9 Å². The highest BCUT2D eigenvalue weighted by Gasteiger charge is 2.45. The molecule has 1 N–H and O–H groups in total. The zero-order chi connectivity index (χ0) is 13.3. The second kappa shape index (κ2) is 5.28. The van der Waals surface area contributed by atoms with Gasteiger partial charge in [0.2, 0.25) is 0 Å². The van der Waals surface area contributed by atoms with E-state index in [9.17, 15) is 5.11 Å². The maximum atomic E-state index is 11.4. The molecule has 2 unspecified atom stereocenters. The molecule has 106 valence electrons. The minimum Gasteiger partial charge on any atom is -0.383 e. The lowest BCUT2D eigenvalue weighted by atomic mass is 9.64. The molecule has 2 fully saturated rings. The van der Waals surface area contributed by atoms with E-state index in [0.29, 0.717) is 11.8 Å². The van der Waals surface area contributed by atoms with E-state index in [1.807, 2.05) is 24.0 Å². The third-order valence-corrected chi connectivity index (χ3v) is 5.42. The predicted molar refractivity (Wildman–Crippen MR) is 75.6 cm³/mol. The Hall–Kier alpha value is -0.830. The summed E-state index contributed by atoms with van der Waals surface area (Å²) in [6.45, 7) is 0. The Bertz CT molecular complexity index is 422. The Labute approximate surface area is 116 Å². The van der Waals surface area contributed by atoms with Gasteiger partial charge in [-0.25, -0.2) is 0 Å². The SMILES string of the molecule is Cn1nccc1C1(O)CCCCC1C1CCCCC1. The van der Waals surface area contributed by atoms with E-state index >= 15 is 0 Å². The lowest BCUT2D eigenvalue weighted by Crippen LogP contribution is -2.43. The largest absolute Gasteiger partial charge is 0.383 e. The number of nitrogens with zero attached hydrogens (tertiary/aromatic N) is 2. The summed E-state index contributed by atoms with van der Waals surface area (Å²) in [4.78, 5) is 0. The highest BCUT2D eigenvalue weighted by atomic mass is 16.3. The van der Waals surface area contributed by atoms with E-state index in [4.69, 9.17) is 0 Å². The Morgan fingerprint density at radius 3 is 2.58 bits per heavy atom. The molecular weight excluding hydrogens is 236 g/mol. The van der Waals surface area contributed by atoms with Crippen molar-refractivity contribution in [1.82, 2.24) is 9.78 Å². The molecule has 2 aliphatic carbocycles. The van der Waals surface area contributed by atoms with Gasteiger partial charge in [0.05, 0.1) is 5.69 Å². The van der Waals surface area contributed by atoms with Crippen molar-refractivity contribution in [3.8, 4) is 0 Å². The third-order valence-electron chi connectivity index (χ3n) is 5.42. The number of aliphatic hydroxyl groups is 1. The lowest BCUT2D eigenvalue weighted by Gasteiger charge is -2.45. The van der Waals surface area contributed by atoms with Gasteiger partial charge in [-0.2, -0.15) is 5.10 Å². The van der Waals surface area contributed by atoms with Crippen LogP contribution >= 0.6 is 0 Å². The molecule has 3 nitrogen and oxygen atoms in total. The summed E-state index contributed by atoms with van der Waals surface area (Å²) in [5, 5.41) is 15.6. The molecule has 2 saturated carbocycles. The molecule has 3 rings (SSSR count). The van der Waals surface area contributed by atoms with Crippen LogP contribution in [-0.4, -0.2) is 14.9 Å². The summed E-state index contributed by atoms with van der Waals surface area (Å²) in [6.07, 6.45) is 13.0. The maximum absolute atomic E-state index is 11.4. The summed E-state index contributed by atoms with van der Waals surface area (Å²) < 4.78 is 1.88. The number of hydrogen-bond acceptors (Lipinski definition) is 2. The van der Waals surface area contributed by atoms with Gasteiger partial charge in [-0.05, 0) is 30.7 Å². The van der Waals surface area contributed by atoms with E-state index in [2.05, 4.69) is 5.10 Å². The summed E-state index contributed by atoms with van der Waals surface area (Å²) >= 11 is 0. The van der Waals surface area contributed by atoms with Gasteiger partial charge in [0.1, 0.15) is 5.60 Å². The second-order valence-corrected chi connectivity index (χ2v) is 6.51. The summed E-state index contributed by atoms with van der Waals surface area (Å²) in [5.41, 5.74) is 0.397. The van der Waals surface area contributed by atoms with E-state index in [0.717, 1.165) is 18.5 Å². The van der Waals surface area contributed by atoms with Crippen molar-refractivity contribution in [1.29, 1.82) is 0 Å². The summed E-state index contributed by atoms with van der Waals surface area (Å²) in [5.74, 6) is 1.16. The van der Waals surface area contributed by atoms with Crippen LogP contribution in [0.15, 0.2) is 12.3 Å². The van der Waals surface area contributed by atoms with Gasteiger partial charge < -0.3 is 5.11 Å². The molecule has 0 radical (unpaired) electrons. The van der Waals surface area contributed by atoms with Crippen LogP contribution in [-0.2, 0) is 12.6 Å². The molecule has 0 aliphatic heterocycles. The van der Waals surface area contributed by atoms with Crippen LogP contribution in [0.1, 0.15) is 63.5 Å². The van der Waals surface area contributed by atoms with Crippen LogP contribution in [0.2, 0.25) is 0 Å². The van der Waals surface area contributed by atoms with Crippen LogP contribution in [0.25, 0.3) is 0 Å². The normalized spacial score (nSPS) is 33.5. The monoisotopic (exact) mass is 262 g/mol. The molecule has 2 aliphatic rings. The smallest absolute Gasteiger partial charge is 0.109 e. The predicted octanol–water partition coefficient (Wildman–Crippen LogP) is 3.38. The number of rotatable bonds is 2. The van der Waals surface area contributed by atoms with Gasteiger partial charge in [0.25, 0.3) is 0 Å². The minimum absolute atomic E-state index is 0.442. The Balaban J connectivity index is 1.89. The molecule has 1 aromatic rings. The van der Waals surface area contributed by atoms with Crippen molar-refractivity contribution in [2.75, 3.05) is 0 Å². The fourth-order valence-corrected chi connectivity index (χ4v) is 4.46. The summed E-state index contributed by atoms with van der Waals surface area (Å²) in [7, 11) is 1.96. The first kappa shape index (κ1) is 13.2. The molecule has 3 heteroatoms. The lowest BCUT2D eigenvalue weighted by molar-refractivity contribution is -0.0889. The van der Waals surface area contributed by atoms with Gasteiger partial charge in [-0.15, -0.1) is 0 Å².